The van der Waals surface area contributed by atoms with E-state index in [-0.39, 0.29) is 16.7 Å². The van der Waals surface area contributed by atoms with Crippen LogP contribution in [0.1, 0.15) is 52.7 Å². The Morgan fingerprint density at radius 1 is 0.488 bits per heavy atom. The van der Waals surface area contributed by atoms with Crippen molar-refractivity contribution in [1.29, 1.82) is 0 Å². The molecule has 0 aromatic heterocycles. The van der Waals surface area contributed by atoms with Gasteiger partial charge in [-0.3, -0.25) is 0 Å². The fourth-order valence-electron chi connectivity index (χ4n) is 6.87. The fraction of sp³-hybridized carbons (Fsp3) is 0.257. The Kier molecular flexibility index (Phi) is 5.01. The summed E-state index contributed by atoms with van der Waals surface area (Å²) in [7, 11) is 0. The molecule has 4 aliphatic heterocycles. The van der Waals surface area contributed by atoms with E-state index in [1.54, 1.807) is 0 Å². The van der Waals surface area contributed by atoms with Gasteiger partial charge in [-0.2, -0.15) is 0 Å². The van der Waals surface area contributed by atoms with Crippen molar-refractivity contribution in [3.63, 3.8) is 0 Å². The van der Waals surface area contributed by atoms with Gasteiger partial charge in [-0.25, -0.2) is 0 Å². The van der Waals surface area contributed by atoms with Crippen molar-refractivity contribution in [3.8, 4) is 11.5 Å². The summed E-state index contributed by atoms with van der Waals surface area (Å²) in [6.45, 7) is 14.2. The molecule has 4 aromatic rings. The second kappa shape index (κ2) is 8.20. The molecular weight excluding hydrogens is 687 g/mol. The van der Waals surface area contributed by atoms with Crippen molar-refractivity contribution in [1.82, 2.24) is 0 Å². The molecular formula is C35H34N4OPt. The van der Waals surface area contributed by atoms with Crippen LogP contribution in [-0.2, 0) is 28.7 Å². The molecule has 0 radical (unpaired) electrons. The molecule has 0 saturated heterocycles. The molecule has 4 aliphatic rings. The molecule has 0 amide bonds. The van der Waals surface area contributed by atoms with E-state index >= 15 is 0 Å². The third kappa shape index (κ3) is 3.27. The van der Waals surface area contributed by atoms with Gasteiger partial charge >= 0.3 is 251 Å². The number of rotatable bonds is 0. The molecule has 6 heteroatoms. The summed E-state index contributed by atoms with van der Waals surface area (Å²) in [4.78, 5) is 10.5. The Morgan fingerprint density at radius 3 is 1.29 bits per heavy atom. The maximum absolute atomic E-state index is 6.55. The standard InChI is InChI=1S/C35H34N4O.Pt/c1-33(2)25-13-11-15-27(21-25)40-28-16-12-14-26(22-28)34(3,4)37-24-39(32-20-10-8-18-30(32)37)35(5,6)38-23-36(33)29-17-7-9-19-31(29)38;/h7-22H,1-6H3;. The summed E-state index contributed by atoms with van der Waals surface area (Å²) in [6, 6.07) is 35.2. The molecule has 6 bridgehead atoms. The molecule has 0 aliphatic carbocycles. The van der Waals surface area contributed by atoms with Crippen LogP contribution in [-0.4, -0.2) is 14.0 Å². The molecule has 41 heavy (non-hydrogen) atoms. The van der Waals surface area contributed by atoms with Gasteiger partial charge in [0, 0.05) is 0 Å². The van der Waals surface area contributed by atoms with E-state index in [1.165, 1.54) is 42.2 Å². The molecule has 0 fully saturated rings. The van der Waals surface area contributed by atoms with Crippen LogP contribution in [0.25, 0.3) is 0 Å². The van der Waals surface area contributed by atoms with Crippen molar-refractivity contribution in [2.75, 3.05) is 19.6 Å². The average Bonchev–Trinajstić information content (AvgIpc) is 3.47. The van der Waals surface area contributed by atoms with Gasteiger partial charge in [-0.05, 0) is 0 Å². The summed E-state index contributed by atoms with van der Waals surface area (Å²) < 4.78 is 9.38. The molecule has 0 atom stereocenters. The summed E-state index contributed by atoms with van der Waals surface area (Å²) in [5, 5.41) is 0. The molecule has 4 aromatic carbocycles. The zero-order valence-corrected chi connectivity index (χ0v) is 26.5. The zero-order chi connectivity index (χ0) is 28.3. The Hall–Kier alpha value is -3.69. The minimum atomic E-state index is -0.627. The number of anilines is 4. The summed E-state index contributed by atoms with van der Waals surface area (Å²) in [5.74, 6) is 1.72. The number of ether oxygens (including phenoxy) is 1. The predicted octanol–water partition coefficient (Wildman–Crippen LogP) is 7.62. The Labute approximate surface area is 250 Å². The van der Waals surface area contributed by atoms with E-state index in [2.05, 4.69) is 158 Å². The third-order valence-corrected chi connectivity index (χ3v) is 12.1. The van der Waals surface area contributed by atoms with Gasteiger partial charge in [0.25, 0.3) is 0 Å². The van der Waals surface area contributed by atoms with E-state index in [0.717, 1.165) is 11.5 Å². The monoisotopic (exact) mass is 721 g/mol. The summed E-state index contributed by atoms with van der Waals surface area (Å²) in [6.07, 6.45) is 0. The first kappa shape index (κ1) is 25.1. The SMILES string of the molecule is CC1(C)c2cccc(c2)Oc2cccc(c2)C(C)(C)N2[C]3=[Pt]=[C]4N1c1ccccc1N4C(C)(C)N3c1ccccc12. The van der Waals surface area contributed by atoms with Crippen molar-refractivity contribution in [2.24, 2.45) is 0 Å². The van der Waals surface area contributed by atoms with Crippen LogP contribution >= 0.6 is 0 Å². The van der Waals surface area contributed by atoms with Gasteiger partial charge in [-0.15, -0.1) is 0 Å². The first-order valence-corrected chi connectivity index (χ1v) is 16.5. The zero-order valence-electron chi connectivity index (χ0n) is 24.3. The van der Waals surface area contributed by atoms with E-state index in [9.17, 15) is 0 Å². The molecule has 210 valence electrons. The first-order valence-electron chi connectivity index (χ1n) is 14.2. The van der Waals surface area contributed by atoms with Gasteiger partial charge in [0.05, 0.1) is 0 Å². The van der Waals surface area contributed by atoms with Crippen LogP contribution in [0.2, 0.25) is 0 Å². The second-order valence-corrected chi connectivity index (χ2v) is 15.3. The van der Waals surface area contributed by atoms with Gasteiger partial charge in [0.1, 0.15) is 0 Å². The van der Waals surface area contributed by atoms with Gasteiger partial charge in [0.15, 0.2) is 0 Å². The van der Waals surface area contributed by atoms with Crippen molar-refractivity contribution >= 4 is 31.0 Å². The number of hydrogen-bond acceptors (Lipinski definition) is 5. The molecule has 0 N–H and O–H groups in total. The van der Waals surface area contributed by atoms with Crippen LogP contribution in [0.15, 0.2) is 97.1 Å². The van der Waals surface area contributed by atoms with Crippen LogP contribution < -0.4 is 24.3 Å². The van der Waals surface area contributed by atoms with Crippen molar-refractivity contribution < 1.29 is 22.4 Å². The molecule has 8 rings (SSSR count). The van der Waals surface area contributed by atoms with Crippen LogP contribution in [0.3, 0.4) is 0 Å². The molecule has 5 nitrogen and oxygen atoms in total. The van der Waals surface area contributed by atoms with E-state index in [4.69, 9.17) is 4.74 Å². The third-order valence-electron chi connectivity index (χ3n) is 9.08. The minimum absolute atomic E-state index is 0.309. The normalized spacial score (nSPS) is 20.5. The topological polar surface area (TPSA) is 22.2 Å². The number of fused-ring (bicyclic) bond motifs is 10. The first-order chi connectivity index (χ1) is 19.6. The van der Waals surface area contributed by atoms with Crippen LogP contribution in [0.5, 0.6) is 11.5 Å². The summed E-state index contributed by atoms with van der Waals surface area (Å²) in [5.41, 5.74) is 6.61. The molecule has 4 heterocycles. The predicted molar refractivity (Wildman–Crippen MR) is 166 cm³/mol. The average molecular weight is 722 g/mol. The van der Waals surface area contributed by atoms with E-state index in [0.29, 0.717) is 0 Å². The van der Waals surface area contributed by atoms with E-state index < -0.39 is 17.6 Å². The van der Waals surface area contributed by atoms with Crippen molar-refractivity contribution in [2.45, 2.75) is 58.3 Å². The number of nitrogens with zero attached hydrogens (tertiary/aromatic N) is 4. The quantitative estimate of drug-likeness (QED) is 0.186. The number of benzene rings is 4. The molecule has 0 unspecified atom stereocenters. The fourth-order valence-corrected chi connectivity index (χ4v) is 11.9. The van der Waals surface area contributed by atoms with Crippen LogP contribution in [0, 0.1) is 0 Å². The van der Waals surface area contributed by atoms with E-state index in [1.807, 2.05) is 0 Å². The maximum atomic E-state index is 6.55. The molecule has 0 spiro atoms. The van der Waals surface area contributed by atoms with Gasteiger partial charge in [-0.1, -0.05) is 0 Å². The second-order valence-electron chi connectivity index (χ2n) is 12.7. The molecule has 0 saturated carbocycles. The number of hydrogen-bond donors (Lipinski definition) is 0. The van der Waals surface area contributed by atoms with Crippen LogP contribution in [0.4, 0.5) is 22.7 Å². The summed E-state index contributed by atoms with van der Waals surface area (Å²) >= 11 is -0.627. The Morgan fingerprint density at radius 2 is 0.878 bits per heavy atom. The Bertz CT molecular complexity index is 1710. The Balaban J connectivity index is 1.52. The van der Waals surface area contributed by atoms with Gasteiger partial charge in [0.2, 0.25) is 0 Å². The van der Waals surface area contributed by atoms with Gasteiger partial charge < -0.3 is 0 Å². The number of para-hydroxylation sites is 4. The van der Waals surface area contributed by atoms with Crippen molar-refractivity contribution in [3.05, 3.63) is 108 Å².